The average molecular weight is 257 g/mol. The first-order valence-electron chi connectivity index (χ1n) is 3.74. The van der Waals surface area contributed by atoms with Crippen molar-refractivity contribution in [2.45, 2.75) is 0 Å². The van der Waals surface area contributed by atoms with Gasteiger partial charge in [-0.15, -0.1) is 0 Å². The van der Waals surface area contributed by atoms with E-state index in [0.29, 0.717) is 0 Å². The van der Waals surface area contributed by atoms with Gasteiger partial charge in [-0.25, -0.2) is 9.59 Å². The molecule has 9 nitrogen and oxygen atoms in total. The second kappa shape index (κ2) is 8.84. The molecule has 0 aromatic carbocycles. The van der Waals surface area contributed by atoms with Crippen molar-refractivity contribution in [3.8, 4) is 0 Å². The minimum absolute atomic E-state index is 0.611. The Labute approximate surface area is 91.4 Å². The molecule has 0 aliphatic heterocycles. The molecule has 92 valence electrons. The summed E-state index contributed by atoms with van der Waals surface area (Å²) in [6.07, 6.45) is -1.98. The van der Waals surface area contributed by atoms with E-state index >= 15 is 0 Å². The lowest BCUT2D eigenvalue weighted by Crippen LogP contribution is -2.08. The molecular formula is C6H10O9P+. The molecule has 0 spiro atoms. The van der Waals surface area contributed by atoms with Crippen molar-refractivity contribution in [3.63, 3.8) is 0 Å². The maximum atomic E-state index is 10.8. The molecule has 16 heavy (non-hydrogen) atoms. The zero-order chi connectivity index (χ0) is 12.4. The molecule has 0 saturated heterocycles. The van der Waals surface area contributed by atoms with Gasteiger partial charge in [-0.05, 0) is 0 Å². The van der Waals surface area contributed by atoms with Crippen molar-refractivity contribution in [3.05, 3.63) is 0 Å². The fraction of sp³-hybridized carbons (Fsp3) is 0.667. The molecule has 0 heterocycles. The minimum Gasteiger partial charge on any atom is -0.438 e. The molecule has 0 atom stereocenters. The Morgan fingerprint density at radius 3 is 1.62 bits per heavy atom. The van der Waals surface area contributed by atoms with E-state index in [1.807, 2.05) is 0 Å². The van der Waals surface area contributed by atoms with Crippen LogP contribution in [0.4, 0.5) is 9.59 Å². The van der Waals surface area contributed by atoms with Crippen molar-refractivity contribution >= 4 is 20.6 Å². The highest BCUT2D eigenvalue weighted by Crippen LogP contribution is 2.23. The predicted octanol–water partition coefficient (Wildman–Crippen LogP) is 1.16. The van der Waals surface area contributed by atoms with Crippen molar-refractivity contribution < 1.29 is 42.1 Å². The summed E-state index contributed by atoms with van der Waals surface area (Å²) in [5.41, 5.74) is 0. The number of methoxy groups -OCH3 is 2. The summed E-state index contributed by atoms with van der Waals surface area (Å²) in [6.45, 7) is -1.22. The molecular weight excluding hydrogens is 247 g/mol. The molecule has 0 bridgehead atoms. The van der Waals surface area contributed by atoms with Gasteiger partial charge >= 0.3 is 20.6 Å². The molecule has 0 radical (unpaired) electrons. The molecule has 0 aromatic rings. The van der Waals surface area contributed by atoms with E-state index in [0.717, 1.165) is 14.2 Å². The Kier molecular flexibility index (Phi) is 8.04. The summed E-state index contributed by atoms with van der Waals surface area (Å²) < 4.78 is 36.2. The first-order chi connectivity index (χ1) is 7.60. The Balaban J connectivity index is 3.45. The molecule has 0 saturated carbocycles. The van der Waals surface area contributed by atoms with Gasteiger partial charge in [0.1, 0.15) is 0 Å². The van der Waals surface area contributed by atoms with E-state index in [1.54, 1.807) is 0 Å². The molecule has 0 aromatic heterocycles. The molecule has 0 amide bonds. The molecule has 0 N–H and O–H groups in total. The number of carbonyl (C=O) groups is 2. The number of hydrogen-bond acceptors (Lipinski definition) is 9. The predicted molar refractivity (Wildman–Crippen MR) is 46.5 cm³/mol. The van der Waals surface area contributed by atoms with Gasteiger partial charge < -0.3 is 18.9 Å². The maximum Gasteiger partial charge on any atom is 0.704 e. The smallest absolute Gasteiger partial charge is 0.438 e. The van der Waals surface area contributed by atoms with Crippen LogP contribution in [0.5, 0.6) is 0 Å². The van der Waals surface area contributed by atoms with E-state index in [9.17, 15) is 14.2 Å². The quantitative estimate of drug-likeness (QED) is 0.393. The summed E-state index contributed by atoms with van der Waals surface area (Å²) in [6, 6.07) is 0. The van der Waals surface area contributed by atoms with Crippen LogP contribution in [0, 0.1) is 0 Å². The summed E-state index contributed by atoms with van der Waals surface area (Å²) in [5, 5.41) is 0. The van der Waals surface area contributed by atoms with Gasteiger partial charge in [-0.3, -0.25) is 0 Å². The Hall–Kier alpha value is -1.44. The monoisotopic (exact) mass is 257 g/mol. The van der Waals surface area contributed by atoms with E-state index in [1.165, 1.54) is 0 Å². The zero-order valence-corrected chi connectivity index (χ0v) is 9.43. The lowest BCUT2D eigenvalue weighted by atomic mass is 11.3. The Morgan fingerprint density at radius 2 is 1.31 bits per heavy atom. The SMILES string of the molecule is COC(=O)OCO[P+](=O)OCOC(=O)OC. The van der Waals surface area contributed by atoms with Crippen LogP contribution in [0.2, 0.25) is 0 Å². The normalized spacial score (nSPS) is 9.12. The van der Waals surface area contributed by atoms with Gasteiger partial charge in [0.2, 0.25) is 0 Å². The Bertz CT molecular complexity index is 228. The fourth-order valence-corrected chi connectivity index (χ4v) is 0.742. The zero-order valence-electron chi connectivity index (χ0n) is 8.54. The van der Waals surface area contributed by atoms with Crippen molar-refractivity contribution in [2.24, 2.45) is 0 Å². The molecule has 10 heteroatoms. The van der Waals surface area contributed by atoms with E-state index < -0.39 is 34.2 Å². The first-order valence-corrected chi connectivity index (χ1v) is 4.84. The van der Waals surface area contributed by atoms with E-state index in [-0.39, 0.29) is 0 Å². The van der Waals surface area contributed by atoms with Crippen LogP contribution >= 0.6 is 8.25 Å². The average Bonchev–Trinajstić information content (AvgIpc) is 2.28. The van der Waals surface area contributed by atoms with Gasteiger partial charge in [0, 0.05) is 4.57 Å². The molecule has 0 aliphatic rings. The topological polar surface area (TPSA) is 107 Å². The lowest BCUT2D eigenvalue weighted by Gasteiger charge is -1.97. The third-order valence-electron chi connectivity index (χ3n) is 1.00. The van der Waals surface area contributed by atoms with Gasteiger partial charge in [-0.1, -0.05) is 9.05 Å². The highest BCUT2D eigenvalue weighted by Gasteiger charge is 2.22. The third-order valence-corrected chi connectivity index (χ3v) is 1.64. The van der Waals surface area contributed by atoms with Crippen molar-refractivity contribution in [1.29, 1.82) is 0 Å². The third kappa shape index (κ3) is 7.92. The summed E-state index contributed by atoms with van der Waals surface area (Å²) in [5.74, 6) is 0. The van der Waals surface area contributed by atoms with Gasteiger partial charge in [0.05, 0.1) is 14.2 Å². The summed E-state index contributed by atoms with van der Waals surface area (Å²) in [7, 11) is -0.367. The minimum atomic E-state index is -2.57. The van der Waals surface area contributed by atoms with Crippen LogP contribution in [-0.4, -0.2) is 40.1 Å². The Morgan fingerprint density at radius 1 is 0.938 bits per heavy atom. The maximum absolute atomic E-state index is 10.8. The van der Waals surface area contributed by atoms with Crippen LogP contribution in [0.1, 0.15) is 0 Å². The highest BCUT2D eigenvalue weighted by atomic mass is 31.1. The van der Waals surface area contributed by atoms with Crippen molar-refractivity contribution in [2.75, 3.05) is 27.8 Å². The fourth-order valence-electron chi connectivity index (χ4n) is 0.390. The van der Waals surface area contributed by atoms with E-state index in [4.69, 9.17) is 0 Å². The summed E-state index contributed by atoms with van der Waals surface area (Å²) >= 11 is 0. The second-order valence-corrected chi connectivity index (χ2v) is 2.88. The first kappa shape index (κ1) is 14.6. The number of carbonyl (C=O) groups excluding carboxylic acids is 2. The molecule has 0 fully saturated rings. The lowest BCUT2D eigenvalue weighted by molar-refractivity contribution is -0.00802. The largest absolute Gasteiger partial charge is 0.704 e. The standard InChI is InChI=1S/C6H10O9P/c1-10-5(7)12-3-14-16(9)15-4-13-6(8)11-2/h3-4H2,1-2H3/q+1. The molecule has 0 aliphatic carbocycles. The van der Waals surface area contributed by atoms with E-state index in [2.05, 4.69) is 28.0 Å². The summed E-state index contributed by atoms with van der Waals surface area (Å²) in [4.78, 5) is 20.8. The van der Waals surface area contributed by atoms with Crippen LogP contribution in [-0.2, 0) is 32.6 Å². The van der Waals surface area contributed by atoms with Gasteiger partial charge in [0.25, 0.3) is 13.6 Å². The molecule has 0 unspecified atom stereocenters. The van der Waals surface area contributed by atoms with Crippen LogP contribution in [0.3, 0.4) is 0 Å². The van der Waals surface area contributed by atoms with Crippen LogP contribution in [0.15, 0.2) is 0 Å². The highest BCUT2D eigenvalue weighted by molar-refractivity contribution is 7.33. The van der Waals surface area contributed by atoms with Crippen molar-refractivity contribution in [1.82, 2.24) is 0 Å². The second-order valence-electron chi connectivity index (χ2n) is 1.91. The van der Waals surface area contributed by atoms with Gasteiger partial charge in [0.15, 0.2) is 0 Å². The number of rotatable bonds is 6. The van der Waals surface area contributed by atoms with Crippen LogP contribution in [0.25, 0.3) is 0 Å². The number of hydrogen-bond donors (Lipinski definition) is 0. The van der Waals surface area contributed by atoms with Crippen LogP contribution < -0.4 is 0 Å². The molecule has 0 rings (SSSR count). The van der Waals surface area contributed by atoms with Gasteiger partial charge in [-0.2, -0.15) is 0 Å². The number of ether oxygens (including phenoxy) is 4.